The van der Waals surface area contributed by atoms with Crippen LogP contribution in [0.15, 0.2) is 61.2 Å². The number of benzene rings is 3. The minimum atomic E-state index is -1.00. The number of phenols is 3. The van der Waals surface area contributed by atoms with Gasteiger partial charge in [0.05, 0.1) is 33.0 Å². The first-order valence-corrected chi connectivity index (χ1v) is 28.4. The summed E-state index contributed by atoms with van der Waals surface area (Å²) < 4.78 is 18.3. The second-order valence-electron chi connectivity index (χ2n) is 25.5. The number of piperidine rings is 3. The summed E-state index contributed by atoms with van der Waals surface area (Å²) in [6.45, 7) is 13.7. The maximum Gasteiger partial charge on any atom is 0.174 e. The lowest BCUT2D eigenvalue weighted by molar-refractivity contribution is -0.188. The highest BCUT2D eigenvalue weighted by atomic mass is 16.5. The molecule has 12 atom stereocenters. The first-order valence-electron chi connectivity index (χ1n) is 28.4. The van der Waals surface area contributed by atoms with Crippen LogP contribution in [0.5, 0.6) is 34.5 Å². The molecule has 17 rings (SSSR count). The molecule has 14 heteroatoms. The van der Waals surface area contributed by atoms with Crippen molar-refractivity contribution in [2.45, 2.75) is 179 Å². The van der Waals surface area contributed by atoms with Gasteiger partial charge in [0, 0.05) is 73.8 Å². The Bertz CT molecular complexity index is 3030. The number of phenolic OH excluding ortho intramolecular Hbond substituents is 3. The Morgan fingerprint density at radius 1 is 0.533 bits per heavy atom. The van der Waals surface area contributed by atoms with E-state index in [9.17, 15) is 40.2 Å². The molecule has 3 aromatic carbocycles. The second kappa shape index (κ2) is 15.8. The average Bonchev–Trinajstić information content (AvgIpc) is 4.02. The van der Waals surface area contributed by atoms with E-state index in [4.69, 9.17) is 14.2 Å². The van der Waals surface area contributed by atoms with Gasteiger partial charge in [0.15, 0.2) is 58.3 Å². The van der Waals surface area contributed by atoms with Gasteiger partial charge < -0.3 is 44.8 Å². The highest BCUT2D eigenvalue weighted by Crippen LogP contribution is 2.69. The number of aromatic hydroxyl groups is 3. The van der Waals surface area contributed by atoms with E-state index in [0.29, 0.717) is 55.8 Å². The summed E-state index contributed by atoms with van der Waals surface area (Å²) in [5.74, 6) is 3.54. The third-order valence-corrected chi connectivity index (χ3v) is 22.5. The summed E-state index contributed by atoms with van der Waals surface area (Å²) >= 11 is 0. The number of hydrogen-bond donors (Lipinski definition) is 6. The minimum absolute atomic E-state index is 0.0408. The Hall–Kier alpha value is -4.96. The van der Waals surface area contributed by atoms with Gasteiger partial charge in [-0.05, 0) is 155 Å². The topological polar surface area (TPSA) is 193 Å². The number of ether oxygens (including phenoxy) is 3. The molecule has 6 N–H and O–H groups in total. The number of carbonyl (C=O) groups excluding carboxylic acids is 2. The SMILES string of the molecule is C=C1CCC2(O)C3Cc4ccc(O)c5c4C2(CCN3CC2CCC2)C1O5.C=CCN1CCC23c4c5ccc(O)c4OC2C(=O)CCC3(O)C1C5.O=C1CCC2(O)C3Cc4ccc(O)c5c4C2(CCN3CC2CC2)C1O5. The lowest BCUT2D eigenvalue weighted by Gasteiger charge is -2.63. The molecule has 8 aliphatic carbocycles. The van der Waals surface area contributed by atoms with E-state index in [1.165, 1.54) is 37.7 Å². The molecule has 6 bridgehead atoms. The molecule has 12 unspecified atom stereocenters. The first kappa shape index (κ1) is 47.3. The lowest BCUT2D eigenvalue weighted by Crippen LogP contribution is -2.76. The molecule has 6 aliphatic heterocycles. The Morgan fingerprint density at radius 3 is 1.33 bits per heavy atom. The van der Waals surface area contributed by atoms with Crippen LogP contribution >= 0.6 is 0 Å². The molecular weight excluding hydrogens is 951 g/mol. The zero-order chi connectivity index (χ0) is 51.3. The summed E-state index contributed by atoms with van der Waals surface area (Å²) in [6.07, 6.45) is 14.8. The van der Waals surface area contributed by atoms with Gasteiger partial charge in [-0.3, -0.25) is 24.3 Å². The molecule has 0 radical (unpaired) electrons. The van der Waals surface area contributed by atoms with Crippen molar-refractivity contribution in [3.05, 3.63) is 94.6 Å². The van der Waals surface area contributed by atoms with Gasteiger partial charge in [-0.1, -0.05) is 37.3 Å². The third-order valence-electron chi connectivity index (χ3n) is 22.5. The Balaban J connectivity index is 0.0000000991. The summed E-state index contributed by atoms with van der Waals surface area (Å²) in [5, 5.41) is 67.0. The molecule has 3 spiro atoms. The largest absolute Gasteiger partial charge is 0.504 e. The number of rotatable bonds is 6. The molecule has 3 saturated heterocycles. The monoisotopic (exact) mass is 1020 g/mol. The van der Waals surface area contributed by atoms with Crippen molar-refractivity contribution in [2.24, 2.45) is 11.8 Å². The molecular formula is C61H71N3O11. The summed E-state index contributed by atoms with van der Waals surface area (Å²) in [4.78, 5) is 32.7. The zero-order valence-corrected chi connectivity index (χ0v) is 42.9. The van der Waals surface area contributed by atoms with Crippen LogP contribution in [0.2, 0.25) is 0 Å². The first-order chi connectivity index (χ1) is 36.1. The van der Waals surface area contributed by atoms with E-state index in [1.807, 2.05) is 18.2 Å². The molecule has 14 aliphatic rings. The van der Waals surface area contributed by atoms with Gasteiger partial charge in [0.1, 0.15) is 6.10 Å². The van der Waals surface area contributed by atoms with Crippen LogP contribution in [-0.2, 0) is 45.1 Å². The molecule has 14 nitrogen and oxygen atoms in total. The smallest absolute Gasteiger partial charge is 0.174 e. The predicted octanol–water partition coefficient (Wildman–Crippen LogP) is 5.73. The summed E-state index contributed by atoms with van der Waals surface area (Å²) in [6, 6.07) is 11.2. The fraction of sp³-hybridized carbons (Fsp3) is 0.607. The van der Waals surface area contributed by atoms with E-state index >= 15 is 0 Å². The van der Waals surface area contributed by atoms with Crippen molar-refractivity contribution in [1.82, 2.24) is 14.7 Å². The number of likely N-dealkylation sites (tertiary alicyclic amines) is 3. The number of aliphatic hydroxyl groups is 3. The zero-order valence-electron chi connectivity index (χ0n) is 42.9. The Morgan fingerprint density at radius 2 is 0.920 bits per heavy atom. The van der Waals surface area contributed by atoms with Crippen LogP contribution in [-0.4, -0.2) is 149 Å². The number of nitrogens with zero attached hydrogens (tertiary/aromatic N) is 3. The lowest BCUT2D eigenvalue weighted by atomic mass is 9.48. The normalized spacial score (nSPS) is 40.5. The number of hydrogen-bond acceptors (Lipinski definition) is 14. The van der Waals surface area contributed by atoms with E-state index in [2.05, 4.69) is 33.9 Å². The molecule has 8 fully saturated rings. The van der Waals surface area contributed by atoms with Crippen molar-refractivity contribution in [2.75, 3.05) is 39.3 Å². The Kier molecular flexibility index (Phi) is 9.98. The summed E-state index contributed by atoms with van der Waals surface area (Å²) in [7, 11) is 0. The highest BCUT2D eigenvalue weighted by molar-refractivity contribution is 5.91. The van der Waals surface area contributed by atoms with Gasteiger partial charge in [0.25, 0.3) is 0 Å². The van der Waals surface area contributed by atoms with Crippen molar-refractivity contribution < 1.29 is 54.4 Å². The fourth-order valence-corrected chi connectivity index (χ4v) is 18.8. The van der Waals surface area contributed by atoms with Crippen LogP contribution < -0.4 is 14.2 Å². The molecule has 396 valence electrons. The van der Waals surface area contributed by atoms with Crippen molar-refractivity contribution in [3.63, 3.8) is 0 Å². The van der Waals surface area contributed by atoms with Crippen LogP contribution in [0.4, 0.5) is 0 Å². The van der Waals surface area contributed by atoms with Crippen LogP contribution in [0.3, 0.4) is 0 Å². The van der Waals surface area contributed by atoms with E-state index in [0.717, 1.165) is 123 Å². The van der Waals surface area contributed by atoms with E-state index in [1.54, 1.807) is 18.2 Å². The molecule has 75 heavy (non-hydrogen) atoms. The van der Waals surface area contributed by atoms with Gasteiger partial charge >= 0.3 is 0 Å². The average molecular weight is 1020 g/mol. The molecule has 5 saturated carbocycles. The molecule has 0 aromatic heterocycles. The molecule has 0 amide bonds. The van der Waals surface area contributed by atoms with Gasteiger partial charge in [-0.15, -0.1) is 6.58 Å². The van der Waals surface area contributed by atoms with Crippen LogP contribution in [0, 0.1) is 11.8 Å². The van der Waals surface area contributed by atoms with Gasteiger partial charge in [0.2, 0.25) is 0 Å². The predicted molar refractivity (Wildman–Crippen MR) is 276 cm³/mol. The standard InChI is InChI=1S/C22H27NO3.C20H23NO4.C19H21NO4/c1-13-7-8-22(25)17-11-15-5-6-16(24)19-18(15)21(22,20(13)26-19)9-10-23(17)12-14-3-2-4-14;22-13-4-3-12-9-15-20(24)6-5-14(23)18-19(20,16(12)17(13)25-18)7-8-21(15)10-11-1-2-11;1-2-8-20-9-7-18-15-11-3-4-12(21)16(15)24-17(18)13(22)5-6-19(18,23)14(20)10-11/h5-6,14,17,20,24-25H,1-4,7-12H2;3-4,11,15,18,22,24H,1-2,5-10H2;2-4,14,17,21,23H,1,5-10H2. The number of ketones is 2. The van der Waals surface area contributed by atoms with Crippen LogP contribution in [0.25, 0.3) is 0 Å². The van der Waals surface area contributed by atoms with Crippen molar-refractivity contribution in [1.29, 1.82) is 0 Å². The fourth-order valence-electron chi connectivity index (χ4n) is 18.8. The van der Waals surface area contributed by atoms with Gasteiger partial charge in [-0.25, -0.2) is 0 Å². The van der Waals surface area contributed by atoms with Crippen LogP contribution in [0.1, 0.15) is 123 Å². The third kappa shape index (κ3) is 5.81. The molecule has 6 heterocycles. The Labute approximate surface area is 437 Å². The minimum Gasteiger partial charge on any atom is -0.504 e. The van der Waals surface area contributed by atoms with Crippen molar-refractivity contribution in [3.8, 4) is 34.5 Å². The molecule has 3 aromatic rings. The number of Topliss-reactive ketones (excluding diaryl/α,β-unsaturated/α-hetero) is 2. The second-order valence-corrected chi connectivity index (χ2v) is 25.5. The maximum atomic E-state index is 12.7. The maximum absolute atomic E-state index is 12.7. The summed E-state index contributed by atoms with van der Waals surface area (Å²) in [5.41, 5.74) is 2.91. The quantitative estimate of drug-likeness (QED) is 0.164. The number of carbonyl (C=O) groups is 2. The highest BCUT2D eigenvalue weighted by Gasteiger charge is 2.76. The van der Waals surface area contributed by atoms with Crippen molar-refractivity contribution >= 4 is 11.6 Å². The van der Waals surface area contributed by atoms with Gasteiger partial charge in [-0.2, -0.15) is 0 Å². The van der Waals surface area contributed by atoms with E-state index < -0.39 is 45.3 Å². The van der Waals surface area contributed by atoms with E-state index in [-0.39, 0.29) is 53.0 Å².